The molecule has 0 amide bonds. The minimum absolute atomic E-state index is 0.169. The molecule has 0 radical (unpaired) electrons. The number of benzene rings is 1. The highest BCUT2D eigenvalue weighted by atomic mass is 16.5. The van der Waals surface area contributed by atoms with Gasteiger partial charge in [0.05, 0.1) is 12.3 Å². The van der Waals surface area contributed by atoms with Crippen molar-refractivity contribution in [3.8, 4) is 11.3 Å². The van der Waals surface area contributed by atoms with E-state index in [0.29, 0.717) is 30.5 Å². The predicted octanol–water partition coefficient (Wildman–Crippen LogP) is 2.33. The molecule has 0 saturated heterocycles. The van der Waals surface area contributed by atoms with Crippen LogP contribution in [0.25, 0.3) is 11.3 Å². The maximum absolute atomic E-state index is 11.7. The summed E-state index contributed by atoms with van der Waals surface area (Å²) < 4.78 is 5.01. The zero-order valence-corrected chi connectivity index (χ0v) is 12.6. The third kappa shape index (κ3) is 3.70. The van der Waals surface area contributed by atoms with Crippen LogP contribution in [0.5, 0.6) is 0 Å². The van der Waals surface area contributed by atoms with Crippen molar-refractivity contribution >= 4 is 5.69 Å². The molecule has 21 heavy (non-hydrogen) atoms. The average Bonchev–Trinajstić information content (AvgIpc) is 2.44. The minimum atomic E-state index is -0.169. The number of aromatic nitrogens is 2. The highest BCUT2D eigenvalue weighted by Crippen LogP contribution is 2.26. The molecule has 1 heterocycles. The number of rotatable bonds is 5. The molecule has 0 aliphatic rings. The van der Waals surface area contributed by atoms with Crippen LogP contribution in [0, 0.1) is 0 Å². The van der Waals surface area contributed by atoms with Crippen LogP contribution >= 0.6 is 0 Å². The first kappa shape index (κ1) is 15.3. The Morgan fingerprint density at radius 2 is 2.10 bits per heavy atom. The van der Waals surface area contributed by atoms with Gasteiger partial charge in [0.2, 0.25) is 0 Å². The normalized spacial score (nSPS) is 11.0. The van der Waals surface area contributed by atoms with E-state index in [0.717, 1.165) is 16.8 Å². The molecule has 1 aromatic carbocycles. The highest BCUT2D eigenvalue weighted by Gasteiger charge is 2.08. The molecule has 0 unspecified atom stereocenters. The number of hydrogen-bond acceptors (Lipinski definition) is 4. The highest BCUT2D eigenvalue weighted by molar-refractivity contribution is 5.66. The summed E-state index contributed by atoms with van der Waals surface area (Å²) in [5, 5.41) is 0. The maximum Gasteiger partial charge on any atom is 0.251 e. The van der Waals surface area contributed by atoms with Crippen molar-refractivity contribution in [1.29, 1.82) is 0 Å². The molecule has 0 bridgehead atoms. The number of nitrogens with two attached hydrogens (primary N) is 1. The van der Waals surface area contributed by atoms with Crippen molar-refractivity contribution in [3.05, 3.63) is 46.0 Å². The lowest BCUT2D eigenvalue weighted by molar-refractivity contribution is 0.200. The van der Waals surface area contributed by atoms with Crippen molar-refractivity contribution in [2.45, 2.75) is 26.2 Å². The van der Waals surface area contributed by atoms with Gasteiger partial charge in [-0.1, -0.05) is 26.0 Å². The molecule has 0 aliphatic heterocycles. The molecular weight excluding hydrogens is 266 g/mol. The van der Waals surface area contributed by atoms with Gasteiger partial charge in [-0.2, -0.15) is 0 Å². The van der Waals surface area contributed by atoms with Gasteiger partial charge in [-0.3, -0.25) is 4.79 Å². The van der Waals surface area contributed by atoms with Gasteiger partial charge in [-0.05, 0) is 17.5 Å². The van der Waals surface area contributed by atoms with E-state index >= 15 is 0 Å². The van der Waals surface area contributed by atoms with Crippen LogP contribution < -0.4 is 11.3 Å². The Bertz CT molecular complexity index is 677. The molecule has 0 aliphatic carbocycles. The van der Waals surface area contributed by atoms with E-state index < -0.39 is 0 Å². The van der Waals surface area contributed by atoms with Crippen LogP contribution in [0.3, 0.4) is 0 Å². The lowest BCUT2D eigenvalue weighted by Crippen LogP contribution is -2.12. The Kier molecular flexibility index (Phi) is 4.75. The molecule has 0 spiro atoms. The summed E-state index contributed by atoms with van der Waals surface area (Å²) in [5.41, 5.74) is 9.22. The monoisotopic (exact) mass is 287 g/mol. The van der Waals surface area contributed by atoms with Crippen LogP contribution in [0.15, 0.2) is 29.1 Å². The largest absolute Gasteiger partial charge is 0.398 e. The maximum atomic E-state index is 11.7. The Hall–Kier alpha value is -2.14. The Balaban J connectivity index is 2.39. The number of nitrogens with zero attached hydrogens (tertiary/aromatic N) is 1. The third-order valence-electron chi connectivity index (χ3n) is 3.34. The van der Waals surface area contributed by atoms with Gasteiger partial charge in [-0.15, -0.1) is 0 Å². The van der Waals surface area contributed by atoms with Gasteiger partial charge >= 0.3 is 0 Å². The second-order valence-corrected chi connectivity index (χ2v) is 5.32. The molecule has 2 aromatic rings. The molecular formula is C16H21N3O2. The molecule has 112 valence electrons. The number of ether oxygens (including phenoxy) is 1. The number of hydrogen-bond donors (Lipinski definition) is 2. The SMILES string of the molecule is COCCc1nc(-c2ccc(C(C)C)c(N)c2)cc(=O)[nH]1. The first-order valence-corrected chi connectivity index (χ1v) is 7.00. The second-order valence-electron chi connectivity index (χ2n) is 5.32. The van der Waals surface area contributed by atoms with Crippen LogP contribution in [-0.4, -0.2) is 23.7 Å². The van der Waals surface area contributed by atoms with E-state index in [1.54, 1.807) is 7.11 Å². The Morgan fingerprint density at radius 3 is 2.71 bits per heavy atom. The zero-order valence-electron chi connectivity index (χ0n) is 12.6. The summed E-state index contributed by atoms with van der Waals surface area (Å²) >= 11 is 0. The summed E-state index contributed by atoms with van der Waals surface area (Å²) in [5.74, 6) is 0.981. The fourth-order valence-electron chi connectivity index (χ4n) is 2.23. The molecule has 0 atom stereocenters. The van der Waals surface area contributed by atoms with E-state index in [1.165, 1.54) is 6.07 Å². The van der Waals surface area contributed by atoms with Crippen LogP contribution in [0.4, 0.5) is 5.69 Å². The van der Waals surface area contributed by atoms with E-state index in [2.05, 4.69) is 23.8 Å². The minimum Gasteiger partial charge on any atom is -0.398 e. The van der Waals surface area contributed by atoms with E-state index in [1.807, 2.05) is 18.2 Å². The molecule has 5 heteroatoms. The van der Waals surface area contributed by atoms with E-state index in [4.69, 9.17) is 10.5 Å². The van der Waals surface area contributed by atoms with Gasteiger partial charge in [0.25, 0.3) is 5.56 Å². The standard InChI is InChI=1S/C16H21N3O2/c1-10(2)12-5-4-11(8-13(12)17)14-9-16(20)19-15(18-14)6-7-21-3/h4-5,8-10H,6-7,17H2,1-3H3,(H,18,19,20). The van der Waals surface area contributed by atoms with Crippen LogP contribution in [0.2, 0.25) is 0 Å². The lowest BCUT2D eigenvalue weighted by Gasteiger charge is -2.11. The smallest absolute Gasteiger partial charge is 0.251 e. The topological polar surface area (TPSA) is 81.0 Å². The van der Waals surface area contributed by atoms with Gasteiger partial charge in [-0.25, -0.2) is 4.98 Å². The fraction of sp³-hybridized carbons (Fsp3) is 0.375. The van der Waals surface area contributed by atoms with E-state index in [9.17, 15) is 4.79 Å². The average molecular weight is 287 g/mol. The van der Waals surface area contributed by atoms with Crippen molar-refractivity contribution in [2.24, 2.45) is 0 Å². The van der Waals surface area contributed by atoms with Crippen LogP contribution in [-0.2, 0) is 11.2 Å². The quantitative estimate of drug-likeness (QED) is 0.827. The van der Waals surface area contributed by atoms with Gasteiger partial charge < -0.3 is 15.5 Å². The molecule has 2 rings (SSSR count). The van der Waals surface area contributed by atoms with E-state index in [-0.39, 0.29) is 5.56 Å². The number of nitrogen functional groups attached to an aromatic ring is 1. The summed E-state index contributed by atoms with van der Waals surface area (Å²) in [4.78, 5) is 18.9. The zero-order chi connectivity index (χ0) is 15.4. The van der Waals surface area contributed by atoms with Crippen molar-refractivity contribution < 1.29 is 4.74 Å². The fourth-order valence-corrected chi connectivity index (χ4v) is 2.23. The molecule has 1 aromatic heterocycles. The number of anilines is 1. The Morgan fingerprint density at radius 1 is 1.33 bits per heavy atom. The number of aromatic amines is 1. The first-order valence-electron chi connectivity index (χ1n) is 7.00. The molecule has 3 N–H and O–H groups in total. The Labute approximate surface area is 124 Å². The van der Waals surface area contributed by atoms with Gasteiger partial charge in [0.15, 0.2) is 0 Å². The number of H-pyrrole nitrogens is 1. The van der Waals surface area contributed by atoms with Gasteiger partial charge in [0.1, 0.15) is 5.82 Å². The van der Waals surface area contributed by atoms with Crippen molar-refractivity contribution in [3.63, 3.8) is 0 Å². The molecule has 0 fully saturated rings. The lowest BCUT2D eigenvalue weighted by atomic mass is 9.98. The number of methoxy groups -OCH3 is 1. The second kappa shape index (κ2) is 6.54. The number of nitrogens with one attached hydrogen (secondary N) is 1. The van der Waals surface area contributed by atoms with Gasteiger partial charge in [0, 0.05) is 30.8 Å². The predicted molar refractivity (Wildman–Crippen MR) is 84.4 cm³/mol. The molecule has 0 saturated carbocycles. The summed E-state index contributed by atoms with van der Waals surface area (Å²) in [6.45, 7) is 4.71. The summed E-state index contributed by atoms with van der Waals surface area (Å²) in [6.07, 6.45) is 0.569. The van der Waals surface area contributed by atoms with Crippen LogP contribution in [0.1, 0.15) is 31.2 Å². The van der Waals surface area contributed by atoms with Crippen molar-refractivity contribution in [1.82, 2.24) is 9.97 Å². The third-order valence-corrected chi connectivity index (χ3v) is 3.34. The first-order chi connectivity index (χ1) is 10.0. The summed E-state index contributed by atoms with van der Waals surface area (Å²) in [6, 6.07) is 7.30. The summed E-state index contributed by atoms with van der Waals surface area (Å²) in [7, 11) is 1.62. The molecule has 5 nitrogen and oxygen atoms in total. The van der Waals surface area contributed by atoms with Crippen molar-refractivity contribution in [2.75, 3.05) is 19.5 Å².